The molecule has 2 aromatic rings. The van der Waals surface area contributed by atoms with Crippen molar-refractivity contribution in [1.82, 2.24) is 0 Å². The molecule has 4 rings (SSSR count). The van der Waals surface area contributed by atoms with Gasteiger partial charge in [-0.3, -0.25) is 0 Å². The summed E-state index contributed by atoms with van der Waals surface area (Å²) < 4.78 is 2.30. The van der Waals surface area contributed by atoms with Crippen LogP contribution in [-0.4, -0.2) is 3.71 Å². The normalized spacial score (nSPS) is 21.9. The number of hydrogen-bond acceptors (Lipinski definition) is 0. The Balaban J connectivity index is 1.84. The monoisotopic (exact) mass is 444 g/mol. The van der Waals surface area contributed by atoms with Crippen LogP contribution in [-0.2, 0) is 18.9 Å². The SMILES string of the molecule is CC1=CC(C([CH]=[Zr]([Cl])[Cl])C2C=C(C)c3ccccc32)c2ccccc21. The molecule has 0 nitrogen and oxygen atoms in total. The minimum atomic E-state index is -2.42. The Morgan fingerprint density at radius 3 is 1.68 bits per heavy atom. The van der Waals surface area contributed by atoms with Crippen LogP contribution in [0.5, 0.6) is 0 Å². The molecule has 3 heteroatoms. The Hall–Kier alpha value is -0.747. The van der Waals surface area contributed by atoms with Crippen molar-refractivity contribution >= 4 is 31.9 Å². The molecule has 0 saturated heterocycles. The van der Waals surface area contributed by atoms with Crippen LogP contribution < -0.4 is 0 Å². The van der Waals surface area contributed by atoms with Crippen molar-refractivity contribution in [3.8, 4) is 0 Å². The van der Waals surface area contributed by atoms with Gasteiger partial charge in [0.2, 0.25) is 0 Å². The zero-order valence-electron chi connectivity index (χ0n) is 14.3. The van der Waals surface area contributed by atoms with Crippen LogP contribution in [0.1, 0.15) is 47.9 Å². The number of hydrogen-bond donors (Lipinski definition) is 0. The Kier molecular flexibility index (Phi) is 5.02. The van der Waals surface area contributed by atoms with E-state index in [2.05, 4.69) is 78.2 Å². The van der Waals surface area contributed by atoms with Crippen LogP contribution >= 0.6 is 17.0 Å². The van der Waals surface area contributed by atoms with Gasteiger partial charge >= 0.3 is 165 Å². The first-order chi connectivity index (χ1) is 12.1. The van der Waals surface area contributed by atoms with Crippen LogP contribution in [0.25, 0.3) is 11.1 Å². The molecule has 2 aliphatic carbocycles. The van der Waals surface area contributed by atoms with Crippen molar-refractivity contribution in [1.29, 1.82) is 0 Å². The Labute approximate surface area is 164 Å². The van der Waals surface area contributed by atoms with Crippen LogP contribution in [0.2, 0.25) is 0 Å². The average Bonchev–Trinajstić information content (AvgIpc) is 3.12. The number of fused-ring (bicyclic) bond motifs is 2. The van der Waals surface area contributed by atoms with E-state index in [0.717, 1.165) is 0 Å². The molecular formula is C22H20Cl2Zr. The number of allylic oxidation sites excluding steroid dienone is 4. The second-order valence-electron chi connectivity index (χ2n) is 6.96. The van der Waals surface area contributed by atoms with Crippen LogP contribution in [0.15, 0.2) is 60.7 Å². The van der Waals surface area contributed by atoms with E-state index in [1.165, 1.54) is 33.4 Å². The summed E-state index contributed by atoms with van der Waals surface area (Å²) in [6, 6.07) is 17.5. The summed E-state index contributed by atoms with van der Waals surface area (Å²) in [5, 5.41) is 0. The van der Waals surface area contributed by atoms with Crippen molar-refractivity contribution in [3.05, 3.63) is 82.9 Å². The van der Waals surface area contributed by atoms with Gasteiger partial charge in [-0.05, 0) is 0 Å². The van der Waals surface area contributed by atoms with Crippen molar-refractivity contribution in [2.24, 2.45) is 5.92 Å². The summed E-state index contributed by atoms with van der Waals surface area (Å²) >= 11 is -2.42. The quantitative estimate of drug-likeness (QED) is 0.490. The van der Waals surface area contributed by atoms with Gasteiger partial charge in [0.15, 0.2) is 0 Å². The third-order valence-electron chi connectivity index (χ3n) is 5.50. The molecule has 0 bridgehead atoms. The molecule has 0 fully saturated rings. The fourth-order valence-electron chi connectivity index (χ4n) is 4.40. The van der Waals surface area contributed by atoms with Crippen molar-refractivity contribution in [2.45, 2.75) is 25.7 Å². The third-order valence-corrected chi connectivity index (χ3v) is 8.55. The molecule has 2 aromatic carbocycles. The molecule has 0 spiro atoms. The molecular weight excluding hydrogens is 426 g/mol. The van der Waals surface area contributed by atoms with Gasteiger partial charge in [0.25, 0.3) is 0 Å². The van der Waals surface area contributed by atoms with Gasteiger partial charge in [-0.15, -0.1) is 0 Å². The zero-order chi connectivity index (χ0) is 17.6. The van der Waals surface area contributed by atoms with Gasteiger partial charge in [-0.2, -0.15) is 0 Å². The van der Waals surface area contributed by atoms with E-state index < -0.39 is 18.9 Å². The van der Waals surface area contributed by atoms with Crippen LogP contribution in [0, 0.1) is 5.92 Å². The van der Waals surface area contributed by atoms with Gasteiger partial charge in [0.1, 0.15) is 0 Å². The fourth-order valence-corrected chi connectivity index (χ4v) is 7.86. The van der Waals surface area contributed by atoms with Crippen LogP contribution in [0.4, 0.5) is 0 Å². The van der Waals surface area contributed by atoms with E-state index >= 15 is 0 Å². The molecule has 25 heavy (non-hydrogen) atoms. The van der Waals surface area contributed by atoms with Gasteiger partial charge in [-0.25, -0.2) is 0 Å². The zero-order valence-corrected chi connectivity index (χ0v) is 18.3. The van der Waals surface area contributed by atoms with Crippen molar-refractivity contribution in [3.63, 3.8) is 0 Å². The van der Waals surface area contributed by atoms with Gasteiger partial charge < -0.3 is 0 Å². The average molecular weight is 447 g/mol. The molecule has 0 aliphatic heterocycles. The summed E-state index contributed by atoms with van der Waals surface area (Å²) in [4.78, 5) is 0. The summed E-state index contributed by atoms with van der Waals surface area (Å²) in [5.74, 6) is 1.02. The van der Waals surface area contributed by atoms with Crippen molar-refractivity contribution in [2.75, 3.05) is 0 Å². The first-order valence-corrected chi connectivity index (χ1v) is 16.4. The van der Waals surface area contributed by atoms with E-state index in [1.54, 1.807) is 0 Å². The number of rotatable bonds is 3. The molecule has 0 aromatic heterocycles. The van der Waals surface area contributed by atoms with Gasteiger partial charge in [0, 0.05) is 0 Å². The maximum atomic E-state index is 6.42. The van der Waals surface area contributed by atoms with E-state index in [9.17, 15) is 0 Å². The summed E-state index contributed by atoms with van der Waals surface area (Å²) in [6.07, 6.45) is 4.83. The fraction of sp³-hybridized carbons (Fsp3) is 0.227. The topological polar surface area (TPSA) is 0 Å². The Bertz CT molecular complexity index is 852. The standard InChI is InChI=1S/C22H20.2ClH.Zr/c1-14-12-21(19-10-6-4-8-17(14)19)16(3)22-13-15(2)18-9-5-7-11-20(18)22;;;/h3-13,16,21-22H,1-2H3;2*1H;/q;;;+2/p-2. The number of halogens is 2. The van der Waals surface area contributed by atoms with Gasteiger partial charge in [0.05, 0.1) is 0 Å². The van der Waals surface area contributed by atoms with Crippen LogP contribution in [0.3, 0.4) is 0 Å². The van der Waals surface area contributed by atoms with E-state index in [1.807, 2.05) is 0 Å². The van der Waals surface area contributed by atoms with Crippen molar-refractivity contribution < 1.29 is 18.9 Å². The predicted octanol–water partition coefficient (Wildman–Crippen LogP) is 6.73. The maximum absolute atomic E-state index is 6.42. The Morgan fingerprint density at radius 2 is 1.24 bits per heavy atom. The molecule has 2 unspecified atom stereocenters. The second kappa shape index (κ2) is 7.11. The second-order valence-corrected chi connectivity index (χ2v) is 15.2. The van der Waals surface area contributed by atoms with Gasteiger partial charge in [-0.1, -0.05) is 0 Å². The summed E-state index contributed by atoms with van der Waals surface area (Å²) in [7, 11) is 12.8. The van der Waals surface area contributed by atoms with E-state index in [4.69, 9.17) is 17.0 Å². The summed E-state index contributed by atoms with van der Waals surface area (Å²) in [5.41, 5.74) is 8.28. The Morgan fingerprint density at radius 1 is 0.800 bits per heavy atom. The molecule has 0 heterocycles. The third kappa shape index (κ3) is 3.20. The summed E-state index contributed by atoms with van der Waals surface area (Å²) in [6.45, 7) is 4.42. The molecule has 0 radical (unpaired) electrons. The van der Waals surface area contributed by atoms with E-state index in [-0.39, 0.29) is 0 Å². The first kappa shape index (κ1) is 17.7. The number of benzene rings is 2. The molecule has 2 atom stereocenters. The molecule has 0 N–H and O–H groups in total. The first-order valence-electron chi connectivity index (χ1n) is 8.64. The van der Waals surface area contributed by atoms with E-state index in [0.29, 0.717) is 17.8 Å². The predicted molar refractivity (Wildman–Crippen MR) is 107 cm³/mol. The molecule has 0 saturated carbocycles. The molecule has 0 amide bonds. The minimum absolute atomic E-state index is 0.321. The molecule has 2 aliphatic rings. The molecule has 126 valence electrons.